The van der Waals surface area contributed by atoms with Crippen molar-refractivity contribution in [1.29, 1.82) is 0 Å². The number of carbonyl (C=O) groups excluding carboxylic acids is 1. The number of halogens is 3. The van der Waals surface area contributed by atoms with Crippen molar-refractivity contribution in [2.45, 2.75) is 31.6 Å². The summed E-state index contributed by atoms with van der Waals surface area (Å²) in [5.41, 5.74) is 2.53. The van der Waals surface area contributed by atoms with Crippen molar-refractivity contribution < 1.29 is 18.0 Å². The van der Waals surface area contributed by atoms with Crippen LogP contribution < -0.4 is 5.43 Å². The fraction of sp³-hybridized carbons (Fsp3) is 0.444. The molecule has 146 valence electrons. The van der Waals surface area contributed by atoms with Crippen molar-refractivity contribution >= 4 is 17.2 Å². The van der Waals surface area contributed by atoms with Crippen molar-refractivity contribution in [3.05, 3.63) is 52.0 Å². The van der Waals surface area contributed by atoms with E-state index in [0.717, 1.165) is 18.9 Å². The van der Waals surface area contributed by atoms with Crippen LogP contribution in [-0.2, 0) is 12.7 Å². The molecule has 0 unspecified atom stereocenters. The first-order valence-corrected chi connectivity index (χ1v) is 9.56. The molecule has 1 aliphatic heterocycles. The van der Waals surface area contributed by atoms with Crippen LogP contribution in [0.3, 0.4) is 0 Å². The molecule has 1 N–H and O–H groups in total. The van der Waals surface area contributed by atoms with Crippen molar-refractivity contribution in [1.82, 2.24) is 20.3 Å². The number of hydrogen-bond acceptors (Lipinski definition) is 5. The molecule has 2 aromatic rings. The molecule has 1 fully saturated rings. The van der Waals surface area contributed by atoms with Gasteiger partial charge in [-0.1, -0.05) is 12.1 Å². The zero-order valence-electron chi connectivity index (χ0n) is 14.9. The van der Waals surface area contributed by atoms with Crippen molar-refractivity contribution in [3.8, 4) is 0 Å². The van der Waals surface area contributed by atoms with E-state index in [0.29, 0.717) is 30.2 Å². The lowest BCUT2D eigenvalue weighted by atomic mass is 10.0. The van der Waals surface area contributed by atoms with Gasteiger partial charge in [0.25, 0.3) is 5.91 Å². The average molecular weight is 398 g/mol. The first-order valence-electron chi connectivity index (χ1n) is 8.68. The van der Waals surface area contributed by atoms with Gasteiger partial charge in [-0.15, -0.1) is 11.3 Å². The second-order valence-electron chi connectivity index (χ2n) is 6.40. The molecule has 3 heterocycles. The molecule has 1 saturated heterocycles. The first kappa shape index (κ1) is 19.8. The van der Waals surface area contributed by atoms with Gasteiger partial charge in [-0.2, -0.15) is 13.2 Å². The van der Waals surface area contributed by atoms with Gasteiger partial charge in [0.15, 0.2) is 0 Å². The molecule has 0 radical (unpaired) electrons. The number of nitrogens with zero attached hydrogens (tertiary/aromatic N) is 3. The molecule has 0 spiro atoms. The number of hydrogen-bond donors (Lipinski definition) is 1. The minimum absolute atomic E-state index is 0.0505. The smallest absolute Gasteiger partial charge is 0.297 e. The summed E-state index contributed by atoms with van der Waals surface area (Å²) < 4.78 is 38.4. The number of piperidine rings is 1. The van der Waals surface area contributed by atoms with Gasteiger partial charge < -0.3 is 0 Å². The largest absolute Gasteiger partial charge is 0.433 e. The second kappa shape index (κ2) is 8.37. The minimum Gasteiger partial charge on any atom is -0.297 e. The Bertz CT molecular complexity index is 758. The Labute approximate surface area is 159 Å². The second-order valence-corrected chi connectivity index (χ2v) is 7.34. The summed E-state index contributed by atoms with van der Waals surface area (Å²) >= 11 is 1.40. The van der Waals surface area contributed by atoms with E-state index in [2.05, 4.69) is 15.3 Å². The highest BCUT2D eigenvalue weighted by molar-refractivity contribution is 7.12. The lowest BCUT2D eigenvalue weighted by Gasteiger charge is -2.37. The molecular weight excluding hydrogens is 377 g/mol. The van der Waals surface area contributed by atoms with E-state index in [1.54, 1.807) is 24.2 Å². The summed E-state index contributed by atoms with van der Waals surface area (Å²) in [6.07, 6.45) is -2.94. The number of rotatable bonds is 5. The lowest BCUT2D eigenvalue weighted by Crippen LogP contribution is -2.52. The average Bonchev–Trinajstić information content (AvgIpc) is 3.18. The predicted octanol–water partition coefficient (Wildman–Crippen LogP) is 3.40. The number of nitrogens with one attached hydrogen (secondary N) is 1. The molecule has 2 aromatic heterocycles. The van der Waals surface area contributed by atoms with Gasteiger partial charge in [0.1, 0.15) is 5.69 Å². The Balaban J connectivity index is 1.58. The highest BCUT2D eigenvalue weighted by atomic mass is 32.1. The SMILES string of the molecule is CNN(C(=O)c1cccs1)C1CCN(Cc2cccc(C(F)(F)F)n2)CC1. The Morgan fingerprint density at radius 1 is 1.30 bits per heavy atom. The van der Waals surface area contributed by atoms with Gasteiger partial charge in [0, 0.05) is 26.7 Å². The Hall–Kier alpha value is -1.97. The van der Waals surface area contributed by atoms with E-state index < -0.39 is 11.9 Å². The van der Waals surface area contributed by atoms with Crippen LogP contribution >= 0.6 is 11.3 Å². The number of hydrazine groups is 1. The molecule has 0 aliphatic carbocycles. The minimum atomic E-state index is -4.43. The van der Waals surface area contributed by atoms with E-state index in [-0.39, 0.29) is 11.9 Å². The molecule has 5 nitrogen and oxygen atoms in total. The summed E-state index contributed by atoms with van der Waals surface area (Å²) in [6.45, 7) is 1.76. The van der Waals surface area contributed by atoms with E-state index in [1.807, 2.05) is 11.4 Å². The van der Waals surface area contributed by atoms with Gasteiger partial charge in [-0.25, -0.2) is 10.4 Å². The predicted molar refractivity (Wildman–Crippen MR) is 97.1 cm³/mol. The van der Waals surface area contributed by atoms with Crippen LogP contribution in [0.5, 0.6) is 0 Å². The molecule has 0 saturated carbocycles. The summed E-state index contributed by atoms with van der Waals surface area (Å²) in [5.74, 6) is -0.0505. The van der Waals surface area contributed by atoms with Crippen LogP contribution in [0.1, 0.15) is 33.9 Å². The molecule has 0 bridgehead atoms. The van der Waals surface area contributed by atoms with Crippen LogP contribution in [0.15, 0.2) is 35.7 Å². The van der Waals surface area contributed by atoms with Gasteiger partial charge in [0.2, 0.25) is 0 Å². The quantitative estimate of drug-likeness (QED) is 0.785. The monoisotopic (exact) mass is 398 g/mol. The van der Waals surface area contributed by atoms with Gasteiger partial charge >= 0.3 is 6.18 Å². The third kappa shape index (κ3) is 4.85. The maximum Gasteiger partial charge on any atom is 0.433 e. The number of pyridine rings is 1. The van der Waals surface area contributed by atoms with Crippen LogP contribution in [0, 0.1) is 0 Å². The molecule has 1 amide bonds. The Morgan fingerprint density at radius 2 is 2.04 bits per heavy atom. The van der Waals surface area contributed by atoms with Gasteiger partial charge in [-0.05, 0) is 36.4 Å². The van der Waals surface area contributed by atoms with Crippen molar-refractivity contribution in [3.63, 3.8) is 0 Å². The maximum absolute atomic E-state index is 12.8. The zero-order chi connectivity index (χ0) is 19.4. The molecule has 1 aliphatic rings. The topological polar surface area (TPSA) is 48.5 Å². The lowest BCUT2D eigenvalue weighted by molar-refractivity contribution is -0.141. The molecular formula is C18H21F3N4OS. The number of alkyl halides is 3. The third-order valence-corrected chi connectivity index (χ3v) is 5.45. The fourth-order valence-corrected chi connectivity index (χ4v) is 3.92. The Kier molecular flexibility index (Phi) is 6.13. The van der Waals surface area contributed by atoms with Gasteiger partial charge in [0.05, 0.1) is 16.6 Å². The number of amides is 1. The fourth-order valence-electron chi connectivity index (χ4n) is 3.26. The van der Waals surface area contributed by atoms with Crippen LogP contribution in [0.4, 0.5) is 13.2 Å². The molecule has 9 heteroatoms. The highest BCUT2D eigenvalue weighted by Crippen LogP contribution is 2.28. The zero-order valence-corrected chi connectivity index (χ0v) is 15.7. The van der Waals surface area contributed by atoms with E-state index in [1.165, 1.54) is 17.4 Å². The summed E-state index contributed by atoms with van der Waals surface area (Å²) in [5, 5.41) is 3.53. The molecule has 0 aromatic carbocycles. The van der Waals surface area contributed by atoms with Crippen LogP contribution in [0.2, 0.25) is 0 Å². The number of likely N-dealkylation sites (tertiary alicyclic amines) is 1. The summed E-state index contributed by atoms with van der Waals surface area (Å²) in [6, 6.07) is 7.68. The van der Waals surface area contributed by atoms with Crippen LogP contribution in [-0.4, -0.2) is 47.0 Å². The summed E-state index contributed by atoms with van der Waals surface area (Å²) in [4.78, 5) is 19.1. The molecule has 0 atom stereocenters. The number of thiophene rings is 1. The van der Waals surface area contributed by atoms with Crippen molar-refractivity contribution in [2.75, 3.05) is 20.1 Å². The summed E-state index contributed by atoms with van der Waals surface area (Å²) in [7, 11) is 1.73. The van der Waals surface area contributed by atoms with Crippen LogP contribution in [0.25, 0.3) is 0 Å². The van der Waals surface area contributed by atoms with Gasteiger partial charge in [-0.3, -0.25) is 14.7 Å². The standard InChI is InChI=1S/C18H21F3N4OS/c1-22-25(17(26)15-5-3-11-27-15)14-7-9-24(10-8-14)12-13-4-2-6-16(23-13)18(19,20)21/h2-6,11,14,22H,7-10,12H2,1H3. The number of aromatic nitrogens is 1. The first-order chi connectivity index (χ1) is 12.9. The van der Waals surface area contributed by atoms with Crippen molar-refractivity contribution in [2.24, 2.45) is 0 Å². The maximum atomic E-state index is 12.8. The highest BCUT2D eigenvalue weighted by Gasteiger charge is 2.33. The molecule has 27 heavy (non-hydrogen) atoms. The van der Waals surface area contributed by atoms with E-state index >= 15 is 0 Å². The number of carbonyl (C=O) groups is 1. The van der Waals surface area contributed by atoms with E-state index in [4.69, 9.17) is 0 Å². The normalized spacial score (nSPS) is 16.4. The van der Waals surface area contributed by atoms with E-state index in [9.17, 15) is 18.0 Å². The Morgan fingerprint density at radius 3 is 2.63 bits per heavy atom. The third-order valence-electron chi connectivity index (χ3n) is 4.60. The molecule has 3 rings (SSSR count).